The van der Waals surface area contributed by atoms with E-state index in [2.05, 4.69) is 10.3 Å². The summed E-state index contributed by atoms with van der Waals surface area (Å²) in [5.74, 6) is -0.126. The first kappa shape index (κ1) is 15.2. The Morgan fingerprint density at radius 3 is 2.30 bits per heavy atom. The van der Waals surface area contributed by atoms with Gasteiger partial charge in [-0.25, -0.2) is 4.98 Å². The van der Waals surface area contributed by atoms with E-state index in [-0.39, 0.29) is 5.91 Å². The van der Waals surface area contributed by atoms with Gasteiger partial charge in [-0.3, -0.25) is 4.79 Å². The fourth-order valence-corrected chi connectivity index (χ4v) is 3.15. The number of hydrogen-bond donors (Lipinski definition) is 1. The molecule has 0 atom stereocenters. The molecular formula is C18H17N3OS. The molecule has 0 aliphatic rings. The summed E-state index contributed by atoms with van der Waals surface area (Å²) in [5, 5.41) is 3.70. The van der Waals surface area contributed by atoms with Crippen molar-refractivity contribution in [2.24, 2.45) is 0 Å². The van der Waals surface area contributed by atoms with Gasteiger partial charge in [0.15, 0.2) is 5.13 Å². The monoisotopic (exact) mass is 323 g/mol. The van der Waals surface area contributed by atoms with Crippen molar-refractivity contribution in [3.05, 3.63) is 71.2 Å². The number of thiazole rings is 1. The summed E-state index contributed by atoms with van der Waals surface area (Å²) in [6.45, 7) is 1.86. The SMILES string of the molecule is Cc1nc(N(C)c2ccccc2)sc1C(=O)Nc1ccccc1. The summed E-state index contributed by atoms with van der Waals surface area (Å²) < 4.78 is 0. The van der Waals surface area contributed by atoms with Crippen LogP contribution in [0.4, 0.5) is 16.5 Å². The quantitative estimate of drug-likeness (QED) is 0.770. The molecule has 0 radical (unpaired) electrons. The molecule has 0 saturated carbocycles. The molecule has 5 heteroatoms. The van der Waals surface area contributed by atoms with Gasteiger partial charge in [0.05, 0.1) is 5.69 Å². The molecular weight excluding hydrogens is 306 g/mol. The number of amides is 1. The highest BCUT2D eigenvalue weighted by atomic mass is 32.1. The maximum Gasteiger partial charge on any atom is 0.267 e. The van der Waals surface area contributed by atoms with E-state index in [1.807, 2.05) is 79.5 Å². The first-order valence-corrected chi connectivity index (χ1v) is 8.09. The molecule has 116 valence electrons. The van der Waals surface area contributed by atoms with E-state index < -0.39 is 0 Å². The molecule has 1 heterocycles. The lowest BCUT2D eigenvalue weighted by atomic mass is 10.3. The molecule has 0 saturated heterocycles. The highest BCUT2D eigenvalue weighted by molar-refractivity contribution is 7.17. The standard InChI is InChI=1S/C18H17N3OS/c1-13-16(17(22)20-14-9-5-3-6-10-14)23-18(19-13)21(2)15-11-7-4-8-12-15/h3-12H,1-2H3,(H,20,22). The van der Waals surface area contributed by atoms with E-state index in [4.69, 9.17) is 0 Å². The number of para-hydroxylation sites is 2. The first-order valence-electron chi connectivity index (χ1n) is 7.28. The van der Waals surface area contributed by atoms with E-state index >= 15 is 0 Å². The molecule has 0 bridgehead atoms. The molecule has 1 aromatic heterocycles. The van der Waals surface area contributed by atoms with Crippen molar-refractivity contribution in [1.29, 1.82) is 0 Å². The van der Waals surface area contributed by atoms with Gasteiger partial charge in [-0.1, -0.05) is 47.7 Å². The summed E-state index contributed by atoms with van der Waals surface area (Å²) in [6, 6.07) is 19.4. The lowest BCUT2D eigenvalue weighted by molar-refractivity contribution is 0.103. The van der Waals surface area contributed by atoms with Gasteiger partial charge in [0.1, 0.15) is 4.88 Å². The Bertz CT molecular complexity index is 800. The summed E-state index contributed by atoms with van der Waals surface area (Å²) >= 11 is 1.39. The van der Waals surface area contributed by atoms with E-state index in [9.17, 15) is 4.79 Å². The van der Waals surface area contributed by atoms with Crippen LogP contribution >= 0.6 is 11.3 Å². The molecule has 0 unspecified atom stereocenters. The molecule has 0 spiro atoms. The summed E-state index contributed by atoms with van der Waals surface area (Å²) in [6.07, 6.45) is 0. The van der Waals surface area contributed by atoms with Crippen molar-refractivity contribution in [3.63, 3.8) is 0 Å². The van der Waals surface area contributed by atoms with Gasteiger partial charge < -0.3 is 10.2 Å². The predicted octanol–water partition coefficient (Wildman–Crippen LogP) is 4.47. The average Bonchev–Trinajstić information content (AvgIpc) is 2.98. The number of aryl methyl sites for hydroxylation is 1. The lowest BCUT2D eigenvalue weighted by Gasteiger charge is -2.15. The molecule has 3 rings (SSSR count). The van der Waals surface area contributed by atoms with E-state index in [1.54, 1.807) is 0 Å². The number of anilines is 3. The zero-order valence-electron chi connectivity index (χ0n) is 13.0. The normalized spacial score (nSPS) is 10.3. The number of carbonyl (C=O) groups excluding carboxylic acids is 1. The fraction of sp³-hybridized carbons (Fsp3) is 0.111. The van der Waals surface area contributed by atoms with Crippen LogP contribution < -0.4 is 10.2 Å². The van der Waals surface area contributed by atoms with E-state index in [0.29, 0.717) is 4.88 Å². The van der Waals surface area contributed by atoms with Crippen molar-refractivity contribution in [2.45, 2.75) is 6.92 Å². The number of benzene rings is 2. The van der Waals surface area contributed by atoms with Crippen molar-refractivity contribution < 1.29 is 4.79 Å². The molecule has 2 aromatic carbocycles. The second-order valence-corrected chi connectivity index (χ2v) is 6.10. The molecule has 3 aromatic rings. The summed E-state index contributed by atoms with van der Waals surface area (Å²) in [5.41, 5.74) is 2.56. The molecule has 0 aliphatic carbocycles. The number of nitrogens with one attached hydrogen (secondary N) is 1. The topological polar surface area (TPSA) is 45.2 Å². The second-order valence-electron chi connectivity index (χ2n) is 5.13. The Kier molecular flexibility index (Phi) is 4.39. The zero-order chi connectivity index (χ0) is 16.2. The number of nitrogens with zero attached hydrogens (tertiary/aromatic N) is 2. The number of carbonyl (C=O) groups is 1. The van der Waals surface area contributed by atoms with Crippen LogP contribution in [0.15, 0.2) is 60.7 Å². The number of aromatic nitrogens is 1. The second kappa shape index (κ2) is 6.62. The van der Waals surface area contributed by atoms with Crippen LogP contribution in [0.1, 0.15) is 15.4 Å². The molecule has 0 aliphatic heterocycles. The lowest BCUT2D eigenvalue weighted by Crippen LogP contribution is -2.11. The van der Waals surface area contributed by atoms with Crippen LogP contribution in [0.2, 0.25) is 0 Å². The minimum atomic E-state index is -0.126. The van der Waals surface area contributed by atoms with Crippen molar-refractivity contribution in [2.75, 3.05) is 17.3 Å². The van der Waals surface area contributed by atoms with Crippen molar-refractivity contribution in [1.82, 2.24) is 4.98 Å². The highest BCUT2D eigenvalue weighted by Crippen LogP contribution is 2.30. The molecule has 1 amide bonds. The van der Waals surface area contributed by atoms with Crippen LogP contribution in [-0.2, 0) is 0 Å². The van der Waals surface area contributed by atoms with Crippen molar-refractivity contribution >= 4 is 33.8 Å². The minimum Gasteiger partial charge on any atom is -0.321 e. The van der Waals surface area contributed by atoms with Crippen LogP contribution in [0.3, 0.4) is 0 Å². The molecule has 4 nitrogen and oxygen atoms in total. The van der Waals surface area contributed by atoms with E-state index in [1.165, 1.54) is 11.3 Å². The van der Waals surface area contributed by atoms with Crippen LogP contribution in [0.25, 0.3) is 0 Å². The Hall–Kier alpha value is -2.66. The molecule has 23 heavy (non-hydrogen) atoms. The van der Waals surface area contributed by atoms with Crippen molar-refractivity contribution in [3.8, 4) is 0 Å². The van der Waals surface area contributed by atoms with Gasteiger partial charge >= 0.3 is 0 Å². The third-order valence-corrected chi connectivity index (χ3v) is 4.69. The number of rotatable bonds is 4. The number of hydrogen-bond acceptors (Lipinski definition) is 4. The summed E-state index contributed by atoms with van der Waals surface area (Å²) in [4.78, 5) is 19.6. The van der Waals surface area contributed by atoms with Gasteiger partial charge in [-0.2, -0.15) is 0 Å². The largest absolute Gasteiger partial charge is 0.321 e. The first-order chi connectivity index (χ1) is 11.1. The third-order valence-electron chi connectivity index (χ3n) is 3.45. The average molecular weight is 323 g/mol. The predicted molar refractivity (Wildman–Crippen MR) is 95.8 cm³/mol. The highest BCUT2D eigenvalue weighted by Gasteiger charge is 2.18. The summed E-state index contributed by atoms with van der Waals surface area (Å²) in [7, 11) is 1.95. The zero-order valence-corrected chi connectivity index (χ0v) is 13.8. The van der Waals surface area contributed by atoms with Crippen LogP contribution in [0, 0.1) is 6.92 Å². The van der Waals surface area contributed by atoms with Gasteiger partial charge in [0, 0.05) is 18.4 Å². The molecule has 1 N–H and O–H groups in total. The smallest absolute Gasteiger partial charge is 0.267 e. The van der Waals surface area contributed by atoms with Crippen LogP contribution in [-0.4, -0.2) is 17.9 Å². The van der Waals surface area contributed by atoms with Gasteiger partial charge in [-0.05, 0) is 31.2 Å². The maximum absolute atomic E-state index is 12.4. The van der Waals surface area contributed by atoms with E-state index in [0.717, 1.165) is 22.2 Å². The van der Waals surface area contributed by atoms with Gasteiger partial charge in [0.2, 0.25) is 0 Å². The Labute approximate surface area is 139 Å². The Balaban J connectivity index is 1.82. The minimum absolute atomic E-state index is 0.126. The van der Waals surface area contributed by atoms with Gasteiger partial charge in [0.25, 0.3) is 5.91 Å². The Morgan fingerprint density at radius 1 is 1.04 bits per heavy atom. The van der Waals surface area contributed by atoms with Gasteiger partial charge in [-0.15, -0.1) is 0 Å². The molecule has 0 fully saturated rings. The Morgan fingerprint density at radius 2 is 1.65 bits per heavy atom. The fourth-order valence-electron chi connectivity index (χ4n) is 2.21. The third kappa shape index (κ3) is 3.40. The maximum atomic E-state index is 12.4. The van der Waals surface area contributed by atoms with Crippen LogP contribution in [0.5, 0.6) is 0 Å².